The smallest absolute Gasteiger partial charge is 0.222 e. The summed E-state index contributed by atoms with van der Waals surface area (Å²) >= 11 is 1.83. The molecule has 0 bridgehead atoms. The Morgan fingerprint density at radius 2 is 2.38 bits per heavy atom. The lowest BCUT2D eigenvalue weighted by Crippen LogP contribution is -2.40. The Morgan fingerprint density at radius 1 is 1.69 bits per heavy atom. The Hall–Kier alpha value is -0.220. The normalized spacial score (nSPS) is 25.9. The summed E-state index contributed by atoms with van der Waals surface area (Å²) in [6, 6.07) is 0. The molecule has 1 rings (SSSR count). The van der Waals surface area contributed by atoms with Crippen LogP contribution in [-0.2, 0) is 4.79 Å². The molecule has 1 atom stereocenters. The second kappa shape index (κ2) is 4.33. The molecule has 1 heterocycles. The zero-order chi connectivity index (χ0) is 9.90. The highest BCUT2D eigenvalue weighted by molar-refractivity contribution is 8.00. The third-order valence-electron chi connectivity index (χ3n) is 1.94. The summed E-state index contributed by atoms with van der Waals surface area (Å²) in [4.78, 5) is 11.2. The number of hydrogen-bond donors (Lipinski definition) is 2. The molecule has 0 saturated carbocycles. The van der Waals surface area contributed by atoms with Crippen molar-refractivity contribution >= 4 is 17.7 Å². The van der Waals surface area contributed by atoms with E-state index in [1.165, 1.54) is 0 Å². The van der Waals surface area contributed by atoms with Gasteiger partial charge in [0, 0.05) is 17.8 Å². The molecule has 76 valence electrons. The minimum Gasteiger partial charge on any atom is -0.356 e. The lowest BCUT2D eigenvalue weighted by Gasteiger charge is -2.18. The van der Waals surface area contributed by atoms with Crippen LogP contribution in [0.3, 0.4) is 0 Å². The molecule has 0 radical (unpaired) electrons. The van der Waals surface area contributed by atoms with Crippen molar-refractivity contribution in [2.24, 2.45) is 0 Å². The van der Waals surface area contributed by atoms with Gasteiger partial charge in [-0.15, -0.1) is 11.8 Å². The van der Waals surface area contributed by atoms with Gasteiger partial charge < -0.3 is 5.32 Å². The quantitative estimate of drug-likeness (QED) is 0.716. The fourth-order valence-corrected chi connectivity index (χ4v) is 2.75. The number of thioether (sulfide) groups is 1. The van der Waals surface area contributed by atoms with E-state index >= 15 is 0 Å². The fraction of sp³-hybridized carbons (Fsp3) is 0.889. The minimum absolute atomic E-state index is 0.144. The van der Waals surface area contributed by atoms with E-state index in [-0.39, 0.29) is 11.4 Å². The van der Waals surface area contributed by atoms with Gasteiger partial charge in [0.25, 0.3) is 0 Å². The van der Waals surface area contributed by atoms with E-state index in [1.54, 1.807) is 0 Å². The molecule has 1 saturated heterocycles. The van der Waals surface area contributed by atoms with Crippen LogP contribution in [0.25, 0.3) is 0 Å². The van der Waals surface area contributed by atoms with Crippen LogP contribution < -0.4 is 10.6 Å². The molecule has 0 aliphatic carbocycles. The van der Waals surface area contributed by atoms with E-state index in [9.17, 15) is 4.79 Å². The number of amides is 1. The molecule has 0 aromatic rings. The summed E-state index contributed by atoms with van der Waals surface area (Å²) in [5.41, 5.74) is 0.182. The van der Waals surface area contributed by atoms with Crippen molar-refractivity contribution in [3.63, 3.8) is 0 Å². The second-order valence-corrected chi connectivity index (χ2v) is 5.18. The maximum absolute atomic E-state index is 11.2. The van der Waals surface area contributed by atoms with Crippen LogP contribution in [0.15, 0.2) is 0 Å². The summed E-state index contributed by atoms with van der Waals surface area (Å²) in [5, 5.41) is 6.52. The first-order valence-corrected chi connectivity index (χ1v) is 5.74. The van der Waals surface area contributed by atoms with Crippen LogP contribution in [-0.4, -0.2) is 29.1 Å². The van der Waals surface area contributed by atoms with Crippen LogP contribution >= 0.6 is 11.8 Å². The Balaban J connectivity index is 2.28. The summed E-state index contributed by atoms with van der Waals surface area (Å²) in [7, 11) is 0. The molecule has 3 nitrogen and oxygen atoms in total. The van der Waals surface area contributed by atoms with Gasteiger partial charge in [-0.3, -0.25) is 10.1 Å². The highest BCUT2D eigenvalue weighted by atomic mass is 32.2. The van der Waals surface area contributed by atoms with Crippen molar-refractivity contribution in [3.05, 3.63) is 0 Å². The molecular formula is C9H18N2OS. The van der Waals surface area contributed by atoms with E-state index in [2.05, 4.69) is 24.5 Å². The molecule has 1 unspecified atom stereocenters. The topological polar surface area (TPSA) is 41.1 Å². The standard InChI is InChI=1S/C9H18N2OS/c1-4-10-7(12)5-8-11-9(2,3)6-13-8/h8,11H,4-6H2,1-3H3,(H,10,12). The van der Waals surface area contributed by atoms with Crippen molar-refractivity contribution in [1.29, 1.82) is 0 Å². The first-order valence-electron chi connectivity index (χ1n) is 4.69. The second-order valence-electron chi connectivity index (χ2n) is 3.99. The Morgan fingerprint density at radius 3 is 2.85 bits per heavy atom. The van der Waals surface area contributed by atoms with Crippen molar-refractivity contribution in [1.82, 2.24) is 10.6 Å². The number of hydrogen-bond acceptors (Lipinski definition) is 3. The number of nitrogens with one attached hydrogen (secondary N) is 2. The molecule has 0 aromatic carbocycles. The number of rotatable bonds is 3. The molecule has 1 fully saturated rings. The average molecular weight is 202 g/mol. The van der Waals surface area contributed by atoms with Crippen molar-refractivity contribution in [2.45, 2.75) is 38.1 Å². The van der Waals surface area contributed by atoms with Gasteiger partial charge in [0.2, 0.25) is 5.91 Å². The molecule has 0 spiro atoms. The first kappa shape index (κ1) is 10.9. The Kier molecular flexibility index (Phi) is 3.62. The maximum Gasteiger partial charge on any atom is 0.222 e. The van der Waals surface area contributed by atoms with Gasteiger partial charge in [0.05, 0.1) is 11.8 Å². The van der Waals surface area contributed by atoms with E-state index < -0.39 is 0 Å². The highest BCUT2D eigenvalue weighted by Crippen LogP contribution is 2.27. The van der Waals surface area contributed by atoms with Crippen LogP contribution in [0, 0.1) is 0 Å². The maximum atomic E-state index is 11.2. The van der Waals surface area contributed by atoms with Crippen molar-refractivity contribution in [3.8, 4) is 0 Å². The number of carbonyl (C=O) groups is 1. The predicted octanol–water partition coefficient (Wildman–Crippen LogP) is 0.954. The SMILES string of the molecule is CCNC(=O)CC1NC(C)(C)CS1. The average Bonchev–Trinajstić information content (AvgIpc) is 2.30. The molecule has 1 aliphatic heterocycles. The lowest BCUT2D eigenvalue weighted by molar-refractivity contribution is -0.121. The third kappa shape index (κ3) is 3.56. The van der Waals surface area contributed by atoms with Crippen molar-refractivity contribution < 1.29 is 4.79 Å². The van der Waals surface area contributed by atoms with Crippen LogP contribution in [0.5, 0.6) is 0 Å². The van der Waals surface area contributed by atoms with Gasteiger partial charge in [0.15, 0.2) is 0 Å². The van der Waals surface area contributed by atoms with Gasteiger partial charge in [-0.1, -0.05) is 0 Å². The van der Waals surface area contributed by atoms with E-state index in [0.717, 1.165) is 12.3 Å². The molecule has 0 aromatic heterocycles. The number of carbonyl (C=O) groups excluding carboxylic acids is 1. The lowest BCUT2D eigenvalue weighted by atomic mass is 10.1. The summed E-state index contributed by atoms with van der Waals surface area (Å²) < 4.78 is 0. The molecule has 1 aliphatic rings. The van der Waals surface area contributed by atoms with Gasteiger partial charge in [-0.05, 0) is 20.8 Å². The van der Waals surface area contributed by atoms with E-state index in [4.69, 9.17) is 0 Å². The monoisotopic (exact) mass is 202 g/mol. The van der Waals surface area contributed by atoms with E-state index in [0.29, 0.717) is 11.8 Å². The molecule has 4 heteroatoms. The zero-order valence-corrected chi connectivity index (χ0v) is 9.33. The summed E-state index contributed by atoms with van der Waals surface area (Å²) in [6.07, 6.45) is 0.585. The molecule has 2 N–H and O–H groups in total. The van der Waals surface area contributed by atoms with Gasteiger partial charge in [0.1, 0.15) is 0 Å². The zero-order valence-electron chi connectivity index (χ0n) is 8.52. The molecule has 13 heavy (non-hydrogen) atoms. The van der Waals surface area contributed by atoms with E-state index in [1.807, 2.05) is 18.7 Å². The minimum atomic E-state index is 0.144. The van der Waals surface area contributed by atoms with Crippen molar-refractivity contribution in [2.75, 3.05) is 12.3 Å². The van der Waals surface area contributed by atoms with Crippen LogP contribution in [0.4, 0.5) is 0 Å². The Bertz CT molecular complexity index is 194. The van der Waals surface area contributed by atoms with Crippen LogP contribution in [0.2, 0.25) is 0 Å². The van der Waals surface area contributed by atoms with Gasteiger partial charge >= 0.3 is 0 Å². The van der Waals surface area contributed by atoms with Gasteiger partial charge in [-0.2, -0.15) is 0 Å². The Labute approximate surface area is 84.0 Å². The summed E-state index contributed by atoms with van der Waals surface area (Å²) in [5.74, 6) is 1.22. The van der Waals surface area contributed by atoms with Gasteiger partial charge in [-0.25, -0.2) is 0 Å². The molecule has 1 amide bonds. The third-order valence-corrected chi connectivity index (χ3v) is 3.52. The predicted molar refractivity (Wildman–Crippen MR) is 56.8 cm³/mol. The van der Waals surface area contributed by atoms with Crippen LogP contribution in [0.1, 0.15) is 27.2 Å². The molecular weight excluding hydrogens is 184 g/mol. The summed E-state index contributed by atoms with van der Waals surface area (Å²) in [6.45, 7) is 6.99. The largest absolute Gasteiger partial charge is 0.356 e. The first-order chi connectivity index (χ1) is 6.03. The fourth-order valence-electron chi connectivity index (χ4n) is 1.38. The highest BCUT2D eigenvalue weighted by Gasteiger charge is 2.31.